The average molecular weight is 409 g/mol. The van der Waals surface area contributed by atoms with Crippen LogP contribution in [0, 0.1) is 25.2 Å². The summed E-state index contributed by atoms with van der Waals surface area (Å²) in [6.45, 7) is 3.66. The minimum absolute atomic E-state index is 0.0703. The summed E-state index contributed by atoms with van der Waals surface area (Å²) in [5, 5.41) is 15.1. The van der Waals surface area contributed by atoms with Gasteiger partial charge < -0.3 is 20.4 Å². The lowest BCUT2D eigenvalue weighted by Gasteiger charge is -2.20. The first-order valence-electron chi connectivity index (χ1n) is 8.65. The monoisotopic (exact) mass is 409 g/mol. The summed E-state index contributed by atoms with van der Waals surface area (Å²) in [6.07, 6.45) is 0. The molecular weight excluding hydrogens is 394 g/mol. The number of anilines is 1. The Morgan fingerprint density at radius 1 is 1.38 bits per heavy atom. The summed E-state index contributed by atoms with van der Waals surface area (Å²) < 4.78 is 5.30. The van der Waals surface area contributed by atoms with Gasteiger partial charge in [-0.2, -0.15) is 5.26 Å². The molecule has 0 unspecified atom stereocenters. The molecule has 0 aliphatic carbocycles. The smallest absolute Gasteiger partial charge is 0.287 e. The van der Waals surface area contributed by atoms with E-state index in [4.69, 9.17) is 4.74 Å². The number of nitrogens with zero attached hydrogens (tertiary/aromatic N) is 2. The van der Waals surface area contributed by atoms with Crippen LogP contribution in [0.4, 0.5) is 5.69 Å². The van der Waals surface area contributed by atoms with Crippen LogP contribution in [0.1, 0.15) is 32.2 Å². The Hall–Kier alpha value is -3.71. The van der Waals surface area contributed by atoms with Crippen LogP contribution in [0.15, 0.2) is 16.9 Å². The average Bonchev–Trinajstić information content (AvgIpc) is 2.99. The number of thiophene rings is 1. The van der Waals surface area contributed by atoms with Crippen molar-refractivity contribution >= 4 is 39.1 Å². The molecule has 9 nitrogen and oxygen atoms in total. The lowest BCUT2D eigenvalue weighted by atomic mass is 10.1. The number of carbonyl (C=O) groups is 2. The predicted octanol–water partition coefficient (Wildman–Crippen LogP) is 1.73. The van der Waals surface area contributed by atoms with Crippen LogP contribution in [0.2, 0.25) is 0 Å². The zero-order chi connectivity index (χ0) is 20.7. The summed E-state index contributed by atoms with van der Waals surface area (Å²) in [5.74, 6) is -0.649. The number of rotatable bonds is 3. The van der Waals surface area contributed by atoms with Gasteiger partial charge in [0.05, 0.1) is 16.6 Å². The Morgan fingerprint density at radius 2 is 2.17 bits per heavy atom. The number of carbonyl (C=O) groups excluding carboxylic acids is 2. The Morgan fingerprint density at radius 3 is 2.93 bits per heavy atom. The Bertz CT molecular complexity index is 1280. The van der Waals surface area contributed by atoms with E-state index in [0.29, 0.717) is 27.2 Å². The van der Waals surface area contributed by atoms with Crippen LogP contribution < -0.4 is 20.9 Å². The highest BCUT2D eigenvalue weighted by Crippen LogP contribution is 2.32. The number of aromatic amines is 1. The van der Waals surface area contributed by atoms with E-state index < -0.39 is 5.91 Å². The molecule has 2 aromatic heterocycles. The molecule has 146 valence electrons. The number of fused-ring (bicyclic) bond motifs is 2. The number of amides is 2. The van der Waals surface area contributed by atoms with Gasteiger partial charge in [0.25, 0.3) is 17.4 Å². The Labute approximate surface area is 168 Å². The first-order valence-corrected chi connectivity index (χ1v) is 9.47. The largest absolute Gasteiger partial charge is 0.480 e. The first kappa shape index (κ1) is 18.6. The van der Waals surface area contributed by atoms with E-state index in [1.807, 2.05) is 19.9 Å². The SMILES string of the molecule is Cc1sc2nc(C(=O)NCc3cc(C#N)c4c(c3)NC(=O)CO4)[nH]c(=O)c2c1C. The third-order valence-corrected chi connectivity index (χ3v) is 5.70. The lowest BCUT2D eigenvalue weighted by Crippen LogP contribution is -2.28. The molecule has 0 bridgehead atoms. The molecule has 3 aromatic rings. The second kappa shape index (κ2) is 7.03. The van der Waals surface area contributed by atoms with E-state index in [0.717, 1.165) is 10.4 Å². The van der Waals surface area contributed by atoms with Gasteiger partial charge in [0.2, 0.25) is 5.82 Å². The zero-order valence-corrected chi connectivity index (χ0v) is 16.3. The van der Waals surface area contributed by atoms with Crippen molar-refractivity contribution in [1.82, 2.24) is 15.3 Å². The molecular formula is C19H15N5O4S. The van der Waals surface area contributed by atoms with Crippen LogP contribution in [0.5, 0.6) is 5.75 Å². The molecule has 1 aliphatic heterocycles. The van der Waals surface area contributed by atoms with Crippen LogP contribution in [0.25, 0.3) is 10.2 Å². The van der Waals surface area contributed by atoms with Crippen molar-refractivity contribution in [3.63, 3.8) is 0 Å². The molecule has 3 heterocycles. The standard InChI is InChI=1S/C19H15N5O4S/c1-8-9(2)29-19-14(8)17(26)23-16(24-19)18(27)21-6-10-3-11(5-20)15-12(4-10)22-13(25)7-28-15/h3-4H,6-7H2,1-2H3,(H,21,27)(H,22,25)(H,23,24,26). The van der Waals surface area contributed by atoms with Gasteiger partial charge in [0.1, 0.15) is 10.9 Å². The molecule has 0 atom stereocenters. The minimum atomic E-state index is -0.552. The van der Waals surface area contributed by atoms with Crippen molar-refractivity contribution in [1.29, 1.82) is 5.26 Å². The summed E-state index contributed by atoms with van der Waals surface area (Å²) in [7, 11) is 0. The number of aromatic nitrogens is 2. The fraction of sp³-hybridized carbons (Fsp3) is 0.211. The van der Waals surface area contributed by atoms with Gasteiger partial charge in [-0.3, -0.25) is 14.4 Å². The van der Waals surface area contributed by atoms with Gasteiger partial charge >= 0.3 is 0 Å². The topological polar surface area (TPSA) is 137 Å². The number of ether oxygens (including phenoxy) is 1. The molecule has 3 N–H and O–H groups in total. The van der Waals surface area contributed by atoms with Gasteiger partial charge in [-0.1, -0.05) is 0 Å². The van der Waals surface area contributed by atoms with Crippen LogP contribution in [0.3, 0.4) is 0 Å². The maximum atomic E-state index is 12.5. The molecule has 1 aliphatic rings. The molecule has 2 amide bonds. The van der Waals surface area contributed by atoms with Crippen LogP contribution in [-0.2, 0) is 11.3 Å². The fourth-order valence-electron chi connectivity index (χ4n) is 3.07. The van der Waals surface area contributed by atoms with E-state index in [2.05, 4.69) is 20.6 Å². The zero-order valence-electron chi connectivity index (χ0n) is 15.5. The second-order valence-electron chi connectivity index (χ2n) is 6.53. The van der Waals surface area contributed by atoms with E-state index in [1.54, 1.807) is 12.1 Å². The summed E-state index contributed by atoms with van der Waals surface area (Å²) >= 11 is 1.36. The third-order valence-electron chi connectivity index (χ3n) is 4.60. The third kappa shape index (κ3) is 3.32. The van der Waals surface area contributed by atoms with Crippen molar-refractivity contribution in [2.75, 3.05) is 11.9 Å². The van der Waals surface area contributed by atoms with Crippen molar-refractivity contribution in [2.45, 2.75) is 20.4 Å². The number of hydrogen-bond donors (Lipinski definition) is 3. The van der Waals surface area contributed by atoms with E-state index in [1.165, 1.54) is 11.3 Å². The number of H-pyrrole nitrogens is 1. The highest BCUT2D eigenvalue weighted by atomic mass is 32.1. The fourth-order valence-corrected chi connectivity index (χ4v) is 4.10. The van der Waals surface area contributed by atoms with Gasteiger partial charge in [-0.05, 0) is 37.1 Å². The maximum Gasteiger partial charge on any atom is 0.287 e. The molecule has 1 aromatic carbocycles. The molecule has 0 fully saturated rings. The number of hydrogen-bond acceptors (Lipinski definition) is 7. The van der Waals surface area contributed by atoms with E-state index >= 15 is 0 Å². The summed E-state index contributed by atoms with van der Waals surface area (Å²) in [4.78, 5) is 44.6. The summed E-state index contributed by atoms with van der Waals surface area (Å²) in [6, 6.07) is 5.21. The number of nitrogens with one attached hydrogen (secondary N) is 3. The van der Waals surface area contributed by atoms with Crippen molar-refractivity contribution in [3.05, 3.63) is 49.9 Å². The highest BCUT2D eigenvalue weighted by molar-refractivity contribution is 7.18. The first-order chi connectivity index (χ1) is 13.9. The molecule has 0 spiro atoms. The minimum Gasteiger partial charge on any atom is -0.480 e. The highest BCUT2D eigenvalue weighted by Gasteiger charge is 2.21. The quantitative estimate of drug-likeness (QED) is 0.602. The number of nitriles is 1. The molecule has 10 heteroatoms. The van der Waals surface area contributed by atoms with Crippen molar-refractivity contribution in [3.8, 4) is 11.8 Å². The van der Waals surface area contributed by atoms with Gasteiger partial charge in [0, 0.05) is 11.4 Å². The number of benzene rings is 1. The molecule has 4 rings (SSSR count). The number of aryl methyl sites for hydroxylation is 2. The van der Waals surface area contributed by atoms with Gasteiger partial charge in [-0.25, -0.2) is 4.98 Å². The Balaban J connectivity index is 1.58. The van der Waals surface area contributed by atoms with Crippen LogP contribution in [-0.4, -0.2) is 28.4 Å². The molecule has 0 radical (unpaired) electrons. The second-order valence-corrected chi connectivity index (χ2v) is 7.73. The molecule has 29 heavy (non-hydrogen) atoms. The van der Waals surface area contributed by atoms with E-state index in [-0.39, 0.29) is 36.0 Å². The maximum absolute atomic E-state index is 12.5. The molecule has 0 saturated carbocycles. The molecule has 0 saturated heterocycles. The Kier molecular flexibility index (Phi) is 4.52. The van der Waals surface area contributed by atoms with E-state index in [9.17, 15) is 19.6 Å². The lowest BCUT2D eigenvalue weighted by molar-refractivity contribution is -0.118. The van der Waals surface area contributed by atoms with Gasteiger partial charge in [-0.15, -0.1) is 11.3 Å². The van der Waals surface area contributed by atoms with Crippen molar-refractivity contribution in [2.24, 2.45) is 0 Å². The van der Waals surface area contributed by atoms with Gasteiger partial charge in [0.15, 0.2) is 12.4 Å². The summed E-state index contributed by atoms with van der Waals surface area (Å²) in [5.41, 5.74) is 1.72. The van der Waals surface area contributed by atoms with Crippen molar-refractivity contribution < 1.29 is 14.3 Å². The van der Waals surface area contributed by atoms with Crippen LogP contribution >= 0.6 is 11.3 Å². The normalized spacial score (nSPS) is 12.7. The predicted molar refractivity (Wildman–Crippen MR) is 106 cm³/mol.